The summed E-state index contributed by atoms with van der Waals surface area (Å²) in [5.74, 6) is -3.66. The Hall–Kier alpha value is -1.99. The minimum atomic E-state index is -2.97. The zero-order valence-corrected chi connectivity index (χ0v) is 17.4. The Balaban J connectivity index is 0.000000171. The van der Waals surface area contributed by atoms with Crippen LogP contribution < -0.4 is 11.1 Å². The first-order chi connectivity index (χ1) is 14.0. The van der Waals surface area contributed by atoms with E-state index in [0.29, 0.717) is 25.2 Å². The van der Waals surface area contributed by atoms with Gasteiger partial charge in [-0.1, -0.05) is 0 Å². The molecule has 30 heavy (non-hydrogen) atoms. The molecule has 0 aromatic carbocycles. The number of hydrogen-bond donors (Lipinski definition) is 3. The number of piperidine rings is 1. The maximum atomic E-state index is 12.5. The molecule has 1 spiro atoms. The number of carboxylic acid groups (broad SMARTS) is 1. The molecule has 10 heteroatoms. The smallest absolute Gasteiger partial charge is 0.407 e. The topological polar surface area (TPSA) is 123 Å². The minimum absolute atomic E-state index is 0.351. The average Bonchev–Trinajstić information content (AvgIpc) is 3.54. The summed E-state index contributed by atoms with van der Waals surface area (Å²) in [6.07, 6.45) is 4.84. The van der Waals surface area contributed by atoms with Gasteiger partial charge in [-0.05, 0) is 58.5 Å². The molecule has 4 rings (SSSR count). The van der Waals surface area contributed by atoms with Crippen LogP contribution in [0.15, 0.2) is 0 Å². The van der Waals surface area contributed by atoms with Gasteiger partial charge in [-0.3, -0.25) is 4.79 Å². The molecule has 2 heterocycles. The third kappa shape index (κ3) is 5.79. The second-order valence-electron chi connectivity index (χ2n) is 9.47. The molecule has 1 atom stereocenters. The Morgan fingerprint density at radius 1 is 1.27 bits per heavy atom. The molecule has 0 aromatic rings. The first kappa shape index (κ1) is 22.7. The number of amides is 2. The number of carbonyl (C=O) groups excluding carboxylic acids is 1. The summed E-state index contributed by atoms with van der Waals surface area (Å²) in [6, 6.07) is 1.53. The van der Waals surface area contributed by atoms with E-state index in [1.165, 1.54) is 38.8 Å². The first-order valence-corrected chi connectivity index (χ1v) is 10.6. The SMILES string of the molecule is CC(F)(F)C[C@H](N)C(=O)NC1(C#N)CC1.O=C(O)N1CC2(CCN(C3CC3)CC2)C1. The van der Waals surface area contributed by atoms with E-state index >= 15 is 0 Å². The maximum Gasteiger partial charge on any atom is 0.407 e. The zero-order chi connectivity index (χ0) is 22.2. The van der Waals surface area contributed by atoms with E-state index in [9.17, 15) is 18.4 Å². The van der Waals surface area contributed by atoms with Crippen LogP contribution in [0.25, 0.3) is 0 Å². The van der Waals surface area contributed by atoms with Crippen molar-refractivity contribution in [2.24, 2.45) is 11.1 Å². The highest BCUT2D eigenvalue weighted by Crippen LogP contribution is 2.42. The van der Waals surface area contributed by atoms with Crippen LogP contribution in [0.5, 0.6) is 0 Å². The van der Waals surface area contributed by atoms with Crippen LogP contribution in [0.1, 0.15) is 51.9 Å². The summed E-state index contributed by atoms with van der Waals surface area (Å²) in [4.78, 5) is 26.2. The second-order valence-corrected chi connectivity index (χ2v) is 9.47. The van der Waals surface area contributed by atoms with Crippen LogP contribution in [0, 0.1) is 16.7 Å². The number of nitriles is 1. The molecule has 168 valence electrons. The van der Waals surface area contributed by atoms with Gasteiger partial charge in [-0.2, -0.15) is 5.26 Å². The number of hydrogen-bond acceptors (Lipinski definition) is 5. The predicted molar refractivity (Wildman–Crippen MR) is 105 cm³/mol. The van der Waals surface area contributed by atoms with E-state index in [1.807, 2.05) is 6.07 Å². The van der Waals surface area contributed by atoms with Gasteiger partial charge in [0, 0.05) is 31.0 Å². The predicted octanol–water partition coefficient (Wildman–Crippen LogP) is 1.76. The Kier molecular flexibility index (Phi) is 6.25. The van der Waals surface area contributed by atoms with Crippen molar-refractivity contribution in [2.45, 2.75) is 75.4 Å². The van der Waals surface area contributed by atoms with Crippen molar-refractivity contribution in [1.82, 2.24) is 15.1 Å². The number of nitrogens with zero attached hydrogens (tertiary/aromatic N) is 3. The van der Waals surface area contributed by atoms with Gasteiger partial charge in [0.1, 0.15) is 5.54 Å². The molecule has 2 aliphatic heterocycles. The maximum absolute atomic E-state index is 12.5. The lowest BCUT2D eigenvalue weighted by molar-refractivity contribution is -0.125. The molecule has 4 fully saturated rings. The lowest BCUT2D eigenvalue weighted by atomic mass is 9.72. The Labute approximate surface area is 175 Å². The lowest BCUT2D eigenvalue weighted by Gasteiger charge is -2.53. The van der Waals surface area contributed by atoms with Crippen molar-refractivity contribution in [1.29, 1.82) is 5.26 Å². The van der Waals surface area contributed by atoms with Gasteiger partial charge in [0.2, 0.25) is 11.8 Å². The molecular formula is C20H31F2N5O3. The molecule has 2 amide bonds. The van der Waals surface area contributed by atoms with Crippen molar-refractivity contribution >= 4 is 12.0 Å². The van der Waals surface area contributed by atoms with Gasteiger partial charge < -0.3 is 26.0 Å². The van der Waals surface area contributed by atoms with Gasteiger partial charge in [0.25, 0.3) is 0 Å². The standard InChI is InChI=1S/C11H18N2O2.C9H13F2N3O/c14-10(15)13-7-11(8-13)3-5-12(6-4-11)9-1-2-9;1-8(10,11)4-6(13)7(15)14-9(5-12)2-3-9/h9H,1-8H2,(H,14,15);6H,2-4,13H2,1H3,(H,14,15)/t;6-/m.0/s1. The average molecular weight is 427 g/mol. The second kappa shape index (κ2) is 8.27. The Morgan fingerprint density at radius 2 is 1.83 bits per heavy atom. The number of nitrogens with one attached hydrogen (secondary N) is 1. The van der Waals surface area contributed by atoms with E-state index < -0.39 is 35.9 Å². The van der Waals surface area contributed by atoms with Crippen LogP contribution in [-0.2, 0) is 4.79 Å². The van der Waals surface area contributed by atoms with Crippen molar-refractivity contribution in [3.63, 3.8) is 0 Å². The summed E-state index contributed by atoms with van der Waals surface area (Å²) in [5.41, 5.74) is 4.79. The largest absolute Gasteiger partial charge is 0.465 e. The molecule has 2 saturated carbocycles. The molecule has 0 aromatic heterocycles. The third-order valence-corrected chi connectivity index (χ3v) is 6.49. The first-order valence-electron chi connectivity index (χ1n) is 10.6. The number of rotatable bonds is 5. The molecule has 0 bridgehead atoms. The third-order valence-electron chi connectivity index (χ3n) is 6.49. The molecule has 2 saturated heterocycles. The number of likely N-dealkylation sites (tertiary alicyclic amines) is 2. The highest BCUT2D eigenvalue weighted by atomic mass is 19.3. The van der Waals surface area contributed by atoms with Crippen molar-refractivity contribution in [2.75, 3.05) is 26.2 Å². The van der Waals surface area contributed by atoms with Crippen LogP contribution in [0.3, 0.4) is 0 Å². The summed E-state index contributed by atoms with van der Waals surface area (Å²) < 4.78 is 25.1. The summed E-state index contributed by atoms with van der Waals surface area (Å²) in [5, 5.41) is 19.9. The van der Waals surface area contributed by atoms with Crippen LogP contribution in [0.4, 0.5) is 13.6 Å². The van der Waals surface area contributed by atoms with Gasteiger partial charge >= 0.3 is 6.09 Å². The van der Waals surface area contributed by atoms with Gasteiger partial charge in [-0.25, -0.2) is 13.6 Å². The number of halogens is 2. The summed E-state index contributed by atoms with van der Waals surface area (Å²) >= 11 is 0. The molecule has 4 aliphatic rings. The fourth-order valence-electron chi connectivity index (χ4n) is 4.22. The minimum Gasteiger partial charge on any atom is -0.465 e. The van der Waals surface area contributed by atoms with E-state index in [2.05, 4.69) is 10.2 Å². The van der Waals surface area contributed by atoms with E-state index in [-0.39, 0.29) is 0 Å². The Bertz CT molecular complexity index is 696. The van der Waals surface area contributed by atoms with E-state index in [0.717, 1.165) is 19.1 Å². The molecule has 2 aliphatic carbocycles. The molecule has 0 unspecified atom stereocenters. The van der Waals surface area contributed by atoms with Crippen molar-refractivity contribution in [3.05, 3.63) is 0 Å². The van der Waals surface area contributed by atoms with Crippen molar-refractivity contribution < 1.29 is 23.5 Å². The van der Waals surface area contributed by atoms with Crippen molar-refractivity contribution in [3.8, 4) is 6.07 Å². The fraction of sp³-hybridized carbons (Fsp3) is 0.850. The van der Waals surface area contributed by atoms with Gasteiger partial charge in [0.15, 0.2) is 0 Å². The monoisotopic (exact) mass is 427 g/mol. The Morgan fingerprint density at radius 3 is 2.23 bits per heavy atom. The molecule has 8 nitrogen and oxygen atoms in total. The summed E-state index contributed by atoms with van der Waals surface area (Å²) in [7, 11) is 0. The normalized spacial score (nSPS) is 25.2. The lowest BCUT2D eigenvalue weighted by Crippen LogP contribution is -2.61. The van der Waals surface area contributed by atoms with Crippen LogP contribution >= 0.6 is 0 Å². The van der Waals surface area contributed by atoms with Crippen LogP contribution in [-0.4, -0.2) is 76.6 Å². The zero-order valence-electron chi connectivity index (χ0n) is 17.4. The quantitative estimate of drug-likeness (QED) is 0.614. The van der Waals surface area contributed by atoms with E-state index in [4.69, 9.17) is 16.1 Å². The summed E-state index contributed by atoms with van der Waals surface area (Å²) in [6.45, 7) is 4.65. The number of alkyl halides is 2. The molecular weight excluding hydrogens is 396 g/mol. The van der Waals surface area contributed by atoms with Gasteiger partial charge in [0.05, 0.1) is 12.1 Å². The number of nitrogens with two attached hydrogens (primary N) is 1. The number of carbonyl (C=O) groups is 2. The molecule has 4 N–H and O–H groups in total. The van der Waals surface area contributed by atoms with E-state index in [1.54, 1.807) is 4.90 Å². The fourth-order valence-corrected chi connectivity index (χ4v) is 4.22. The van der Waals surface area contributed by atoms with Crippen LogP contribution in [0.2, 0.25) is 0 Å². The molecule has 0 radical (unpaired) electrons. The highest BCUT2D eigenvalue weighted by Gasteiger charge is 2.48. The van der Waals surface area contributed by atoms with Gasteiger partial charge in [-0.15, -0.1) is 0 Å². The highest BCUT2D eigenvalue weighted by molar-refractivity contribution is 5.83.